The lowest BCUT2D eigenvalue weighted by molar-refractivity contribution is -0.132. The Kier molecular flexibility index (Phi) is 7.41. The van der Waals surface area contributed by atoms with Gasteiger partial charge in [0.05, 0.1) is 23.2 Å². The number of aromatic nitrogens is 6. The van der Waals surface area contributed by atoms with Crippen LogP contribution >= 0.6 is 0 Å². The number of pyridine rings is 1. The molecule has 1 spiro atoms. The number of anilines is 1. The first-order chi connectivity index (χ1) is 22.5. The van der Waals surface area contributed by atoms with E-state index in [0.717, 1.165) is 74.2 Å². The summed E-state index contributed by atoms with van der Waals surface area (Å²) in [5.41, 5.74) is 5.68. The molecule has 0 radical (unpaired) electrons. The molecule has 4 aliphatic rings. The van der Waals surface area contributed by atoms with Crippen molar-refractivity contribution in [1.29, 1.82) is 0 Å². The average Bonchev–Trinajstić information content (AvgIpc) is 3.89. The Bertz CT molecular complexity index is 1810. The number of hydrogen-bond donors (Lipinski definition) is 1. The first-order valence-electron chi connectivity index (χ1n) is 16.4. The van der Waals surface area contributed by atoms with Crippen molar-refractivity contribution in [3.8, 4) is 11.4 Å². The number of ether oxygens (including phenoxy) is 1. The van der Waals surface area contributed by atoms with Crippen LogP contribution in [0.4, 0.5) is 5.82 Å². The fourth-order valence-electron chi connectivity index (χ4n) is 7.58. The van der Waals surface area contributed by atoms with E-state index in [1.54, 1.807) is 11.0 Å². The Morgan fingerprint density at radius 2 is 1.85 bits per heavy atom. The van der Waals surface area contributed by atoms with E-state index >= 15 is 0 Å². The summed E-state index contributed by atoms with van der Waals surface area (Å²) in [4.78, 5) is 42.5. The van der Waals surface area contributed by atoms with Crippen LogP contribution in [0.2, 0.25) is 0 Å². The van der Waals surface area contributed by atoms with Gasteiger partial charge >= 0.3 is 0 Å². The molecule has 3 saturated heterocycles. The molecule has 1 aromatic carbocycles. The maximum absolute atomic E-state index is 13.9. The Hall–Kier alpha value is -4.42. The fraction of sp³-hybridized carbons (Fsp3) is 0.471. The second-order valence-electron chi connectivity index (χ2n) is 13.1. The maximum atomic E-state index is 13.9. The van der Waals surface area contributed by atoms with Crippen molar-refractivity contribution in [3.05, 3.63) is 60.1 Å². The molecule has 12 nitrogen and oxygen atoms in total. The smallest absolute Gasteiger partial charge is 0.237 e. The monoisotopic (exact) mass is 621 g/mol. The van der Waals surface area contributed by atoms with Gasteiger partial charge in [0.1, 0.15) is 17.7 Å². The van der Waals surface area contributed by atoms with Gasteiger partial charge in [0.25, 0.3) is 0 Å². The molecule has 1 atom stereocenters. The zero-order valence-corrected chi connectivity index (χ0v) is 26.2. The van der Waals surface area contributed by atoms with Crippen molar-refractivity contribution in [2.75, 3.05) is 57.4 Å². The lowest BCUT2D eigenvalue weighted by atomic mass is 9.85. The van der Waals surface area contributed by atoms with Crippen molar-refractivity contribution in [3.63, 3.8) is 0 Å². The van der Waals surface area contributed by atoms with E-state index in [2.05, 4.69) is 43.4 Å². The Labute approximate surface area is 267 Å². The number of likely N-dealkylation sites (tertiary alicyclic amines) is 1. The van der Waals surface area contributed by atoms with Gasteiger partial charge in [0.2, 0.25) is 11.8 Å². The van der Waals surface area contributed by atoms with Gasteiger partial charge in [-0.2, -0.15) is 10.2 Å². The standard InChI is InChI=1S/C34H39N9O3/c1-40-22-35-32(39-40)26-4-2-23(3-5-26)24-8-14-42(15-9-24)29(44)20-41-16-12-34(21-41)13-17-43(33(34)45)28-7-6-27-31(36-28)30(38-37-27)25-10-18-46-19-11-25/h2-8,22,25H,9-21H2,1H3,(H,37,38). The highest BCUT2D eigenvalue weighted by Crippen LogP contribution is 2.42. The molecule has 7 heterocycles. The van der Waals surface area contributed by atoms with E-state index in [1.807, 2.05) is 41.1 Å². The number of amides is 2. The van der Waals surface area contributed by atoms with Crippen molar-refractivity contribution in [2.45, 2.75) is 38.0 Å². The van der Waals surface area contributed by atoms with Gasteiger partial charge in [-0.3, -0.25) is 29.2 Å². The third-order valence-corrected chi connectivity index (χ3v) is 10.3. The highest BCUT2D eigenvalue weighted by atomic mass is 16.5. The number of aryl methyl sites for hydroxylation is 1. The molecule has 3 fully saturated rings. The summed E-state index contributed by atoms with van der Waals surface area (Å²) in [6.45, 7) is 5.11. The molecule has 0 saturated carbocycles. The lowest BCUT2D eigenvalue weighted by Gasteiger charge is -2.29. The van der Waals surface area contributed by atoms with Crippen LogP contribution < -0.4 is 4.90 Å². The summed E-state index contributed by atoms with van der Waals surface area (Å²) in [5, 5.41) is 12.1. The number of aromatic amines is 1. The normalized spacial score (nSPS) is 22.8. The molecule has 8 rings (SSSR count). The average molecular weight is 622 g/mol. The van der Waals surface area contributed by atoms with Gasteiger partial charge in [-0.05, 0) is 61.9 Å². The predicted octanol–water partition coefficient (Wildman–Crippen LogP) is 3.39. The van der Waals surface area contributed by atoms with E-state index < -0.39 is 5.41 Å². The second kappa shape index (κ2) is 11.7. The van der Waals surface area contributed by atoms with Crippen LogP contribution in [0.15, 0.2) is 48.8 Å². The molecule has 238 valence electrons. The van der Waals surface area contributed by atoms with Crippen molar-refractivity contribution in [1.82, 2.24) is 39.7 Å². The second-order valence-corrected chi connectivity index (χ2v) is 13.1. The molecule has 0 aliphatic carbocycles. The van der Waals surface area contributed by atoms with Crippen LogP contribution in [-0.2, 0) is 21.4 Å². The molecule has 2 amide bonds. The number of hydrogen-bond acceptors (Lipinski definition) is 8. The van der Waals surface area contributed by atoms with E-state index in [1.165, 1.54) is 11.1 Å². The van der Waals surface area contributed by atoms with Crippen molar-refractivity contribution < 1.29 is 14.3 Å². The van der Waals surface area contributed by atoms with E-state index in [0.29, 0.717) is 50.3 Å². The SMILES string of the molecule is Cn1cnc(-c2ccc(C3=CCN(C(=O)CN4CCC5(CCN(c6ccc7[nH]nc(C8CCOCC8)c7n6)C5=O)C4)CC3)cc2)n1. The molecule has 1 N–H and O–H groups in total. The number of carbonyl (C=O) groups excluding carboxylic acids is 2. The van der Waals surface area contributed by atoms with Crippen LogP contribution in [0, 0.1) is 5.41 Å². The predicted molar refractivity (Wildman–Crippen MR) is 173 cm³/mol. The van der Waals surface area contributed by atoms with Crippen LogP contribution in [0.1, 0.15) is 49.3 Å². The molecule has 3 aromatic heterocycles. The van der Waals surface area contributed by atoms with Crippen LogP contribution in [-0.4, -0.2) is 104 Å². The summed E-state index contributed by atoms with van der Waals surface area (Å²) in [5.74, 6) is 1.97. The first kappa shape index (κ1) is 29.0. The molecule has 12 heteroatoms. The summed E-state index contributed by atoms with van der Waals surface area (Å²) >= 11 is 0. The zero-order chi connectivity index (χ0) is 31.3. The molecule has 4 aliphatic heterocycles. The van der Waals surface area contributed by atoms with Crippen LogP contribution in [0.5, 0.6) is 0 Å². The summed E-state index contributed by atoms with van der Waals surface area (Å²) in [6.07, 6.45) is 8.08. The first-order valence-corrected chi connectivity index (χ1v) is 16.4. The molecular weight excluding hydrogens is 582 g/mol. The Balaban J connectivity index is 0.882. The van der Waals surface area contributed by atoms with Crippen LogP contribution in [0.3, 0.4) is 0 Å². The molecule has 1 unspecified atom stereocenters. The Morgan fingerprint density at radius 1 is 1.04 bits per heavy atom. The minimum absolute atomic E-state index is 0.124. The van der Waals surface area contributed by atoms with E-state index in [4.69, 9.17) is 9.72 Å². The molecule has 0 bridgehead atoms. The third kappa shape index (κ3) is 5.28. The minimum Gasteiger partial charge on any atom is -0.381 e. The van der Waals surface area contributed by atoms with Crippen molar-refractivity contribution in [2.24, 2.45) is 12.5 Å². The van der Waals surface area contributed by atoms with E-state index in [-0.39, 0.29) is 11.8 Å². The van der Waals surface area contributed by atoms with Gasteiger partial charge in [-0.1, -0.05) is 30.3 Å². The molecule has 46 heavy (non-hydrogen) atoms. The van der Waals surface area contributed by atoms with Gasteiger partial charge in [0.15, 0.2) is 5.82 Å². The number of carbonyl (C=O) groups is 2. The summed E-state index contributed by atoms with van der Waals surface area (Å²) < 4.78 is 7.24. The number of nitrogens with one attached hydrogen (secondary N) is 1. The number of fused-ring (bicyclic) bond motifs is 1. The highest BCUT2D eigenvalue weighted by molar-refractivity contribution is 6.00. The van der Waals surface area contributed by atoms with E-state index in [9.17, 15) is 9.59 Å². The van der Waals surface area contributed by atoms with Gasteiger partial charge in [-0.25, -0.2) is 9.97 Å². The van der Waals surface area contributed by atoms with Crippen molar-refractivity contribution >= 4 is 34.2 Å². The number of H-pyrrole nitrogens is 1. The minimum atomic E-state index is -0.456. The Morgan fingerprint density at radius 3 is 2.61 bits per heavy atom. The zero-order valence-electron chi connectivity index (χ0n) is 26.2. The largest absolute Gasteiger partial charge is 0.381 e. The quantitative estimate of drug-likeness (QED) is 0.348. The summed E-state index contributed by atoms with van der Waals surface area (Å²) in [6, 6.07) is 12.2. The maximum Gasteiger partial charge on any atom is 0.237 e. The van der Waals surface area contributed by atoms with Gasteiger partial charge < -0.3 is 9.64 Å². The third-order valence-electron chi connectivity index (χ3n) is 10.3. The number of benzene rings is 1. The number of nitrogens with zero attached hydrogens (tertiary/aromatic N) is 8. The number of rotatable bonds is 6. The lowest BCUT2D eigenvalue weighted by Crippen LogP contribution is -2.43. The summed E-state index contributed by atoms with van der Waals surface area (Å²) in [7, 11) is 1.86. The highest BCUT2D eigenvalue weighted by Gasteiger charge is 2.51. The molecular formula is C34H39N9O3. The van der Waals surface area contributed by atoms with Gasteiger partial charge in [-0.15, -0.1) is 0 Å². The fourth-order valence-corrected chi connectivity index (χ4v) is 7.58. The molecule has 4 aromatic rings. The van der Waals surface area contributed by atoms with Crippen LogP contribution in [0.25, 0.3) is 28.0 Å². The topological polar surface area (TPSA) is 125 Å². The van der Waals surface area contributed by atoms with Gasteiger partial charge in [0, 0.05) is 57.9 Å².